The van der Waals surface area contributed by atoms with Crippen molar-refractivity contribution in [3.8, 4) is 28.7 Å². The Kier molecular flexibility index (Phi) is 10.5. The van der Waals surface area contributed by atoms with Crippen LogP contribution >= 0.6 is 0 Å². The number of ether oxygens (including phenoxy) is 2. The van der Waals surface area contributed by atoms with Crippen molar-refractivity contribution in [2.45, 2.75) is 71.8 Å². The molecule has 0 aliphatic heterocycles. The van der Waals surface area contributed by atoms with Crippen molar-refractivity contribution in [2.24, 2.45) is 5.41 Å². The number of carboxylic acid groups (broad SMARTS) is 1. The maximum atomic E-state index is 14.9. The molecule has 0 aliphatic rings. The summed E-state index contributed by atoms with van der Waals surface area (Å²) in [5.74, 6) is -0.0291. The molecule has 1 atom stereocenters. The summed E-state index contributed by atoms with van der Waals surface area (Å²) in [5, 5.41) is 18.2. The van der Waals surface area contributed by atoms with Gasteiger partial charge in [0.15, 0.2) is 0 Å². The van der Waals surface area contributed by atoms with Gasteiger partial charge in [0.1, 0.15) is 23.9 Å². The molecule has 5 nitrogen and oxygen atoms in total. The molecule has 0 bridgehead atoms. The average molecular weight is 532 g/mol. The van der Waals surface area contributed by atoms with Crippen LogP contribution in [-0.2, 0) is 17.8 Å². The molecular formula is C33H38FNO4. The second-order valence-corrected chi connectivity index (χ2v) is 10.7. The first kappa shape index (κ1) is 29.7. The first-order valence-electron chi connectivity index (χ1n) is 13.4. The van der Waals surface area contributed by atoms with Crippen LogP contribution in [0.15, 0.2) is 60.7 Å². The van der Waals surface area contributed by atoms with E-state index in [-0.39, 0.29) is 23.6 Å². The zero-order chi connectivity index (χ0) is 28.4. The van der Waals surface area contributed by atoms with Gasteiger partial charge < -0.3 is 14.6 Å². The van der Waals surface area contributed by atoms with Crippen LogP contribution in [0.2, 0.25) is 0 Å². The summed E-state index contributed by atoms with van der Waals surface area (Å²) >= 11 is 0. The largest absolute Gasteiger partial charge is 0.497 e. The van der Waals surface area contributed by atoms with Crippen molar-refractivity contribution in [3.63, 3.8) is 0 Å². The van der Waals surface area contributed by atoms with Crippen LogP contribution in [0.25, 0.3) is 11.1 Å². The molecule has 1 N–H and O–H groups in total. The number of halogens is 1. The molecule has 3 aromatic rings. The number of unbranched alkanes of at least 4 members (excludes halogenated alkanes) is 1. The van der Waals surface area contributed by atoms with E-state index in [0.29, 0.717) is 42.9 Å². The lowest BCUT2D eigenvalue weighted by atomic mass is 9.81. The molecule has 0 fully saturated rings. The number of hydrogen-bond acceptors (Lipinski definition) is 4. The van der Waals surface area contributed by atoms with Crippen molar-refractivity contribution in [2.75, 3.05) is 7.11 Å². The minimum atomic E-state index is -0.853. The molecule has 0 aromatic heterocycles. The van der Waals surface area contributed by atoms with Gasteiger partial charge in [-0.05, 0) is 83.2 Å². The Bertz CT molecular complexity index is 1310. The first-order chi connectivity index (χ1) is 18.7. The quantitative estimate of drug-likeness (QED) is 0.212. The smallest absolute Gasteiger partial charge is 0.303 e. The van der Waals surface area contributed by atoms with Gasteiger partial charge in [-0.1, -0.05) is 57.5 Å². The Morgan fingerprint density at radius 1 is 1.08 bits per heavy atom. The van der Waals surface area contributed by atoms with E-state index in [2.05, 4.69) is 26.8 Å². The standard InChI is InChI=1S/C33H38FNO4/c1-5-33(2,3)21-26-18-28(12-14-29(26)30-20-27(38-4)13-15-31(30)34)39-22-23-9-8-11-24(17-23)25(19-32(36)37)10-6-7-16-35/h8-9,11-15,17-18,20,25H,5-7,10,19,21-22H2,1-4H3,(H,36,37). The van der Waals surface area contributed by atoms with Crippen molar-refractivity contribution in [1.29, 1.82) is 5.26 Å². The SMILES string of the molecule is CCC(C)(C)Cc1cc(OCc2cccc(C(CCCC#N)CC(=O)O)c2)ccc1-c1cc(OC)ccc1F. The summed E-state index contributed by atoms with van der Waals surface area (Å²) in [6.07, 6.45) is 3.45. The molecule has 0 heterocycles. The van der Waals surface area contributed by atoms with E-state index >= 15 is 0 Å². The lowest BCUT2D eigenvalue weighted by molar-refractivity contribution is -0.137. The van der Waals surface area contributed by atoms with Crippen LogP contribution in [0.1, 0.15) is 75.5 Å². The first-order valence-corrected chi connectivity index (χ1v) is 13.4. The maximum absolute atomic E-state index is 14.9. The van der Waals surface area contributed by atoms with Crippen molar-refractivity contribution < 1.29 is 23.8 Å². The van der Waals surface area contributed by atoms with Crippen LogP contribution < -0.4 is 9.47 Å². The Hall–Kier alpha value is -3.85. The number of methoxy groups -OCH3 is 1. The monoisotopic (exact) mass is 531 g/mol. The Balaban J connectivity index is 1.86. The highest BCUT2D eigenvalue weighted by Crippen LogP contribution is 2.36. The summed E-state index contributed by atoms with van der Waals surface area (Å²) in [5.41, 5.74) is 4.20. The topological polar surface area (TPSA) is 79.5 Å². The van der Waals surface area contributed by atoms with Crippen LogP contribution in [0.4, 0.5) is 4.39 Å². The van der Waals surface area contributed by atoms with Gasteiger partial charge in [0.2, 0.25) is 0 Å². The van der Waals surface area contributed by atoms with Crippen LogP contribution in [-0.4, -0.2) is 18.2 Å². The number of aliphatic carboxylic acids is 1. The number of carbonyl (C=O) groups is 1. The normalized spacial score (nSPS) is 12.0. The minimum absolute atomic E-state index is 0.0156. The van der Waals surface area contributed by atoms with Crippen LogP contribution in [0.5, 0.6) is 11.5 Å². The third-order valence-electron chi connectivity index (χ3n) is 7.26. The summed E-state index contributed by atoms with van der Waals surface area (Å²) in [6, 6.07) is 20.4. The van der Waals surface area contributed by atoms with E-state index in [1.54, 1.807) is 19.2 Å². The van der Waals surface area contributed by atoms with Gasteiger partial charge in [0.05, 0.1) is 19.6 Å². The number of nitrogens with zero attached hydrogens (tertiary/aromatic N) is 1. The Labute approximate surface area is 231 Å². The van der Waals surface area contributed by atoms with Gasteiger partial charge in [-0.2, -0.15) is 5.26 Å². The molecule has 6 heteroatoms. The predicted molar refractivity (Wildman–Crippen MR) is 151 cm³/mol. The fourth-order valence-electron chi connectivity index (χ4n) is 4.68. The van der Waals surface area contributed by atoms with E-state index < -0.39 is 5.97 Å². The number of benzene rings is 3. The summed E-state index contributed by atoms with van der Waals surface area (Å²) in [7, 11) is 1.57. The molecular weight excluding hydrogens is 493 g/mol. The second-order valence-electron chi connectivity index (χ2n) is 10.7. The van der Waals surface area contributed by atoms with Gasteiger partial charge >= 0.3 is 5.97 Å². The van der Waals surface area contributed by atoms with Gasteiger partial charge in [-0.25, -0.2) is 4.39 Å². The minimum Gasteiger partial charge on any atom is -0.497 e. The highest BCUT2D eigenvalue weighted by Gasteiger charge is 2.21. The number of carboxylic acids is 1. The van der Waals surface area contributed by atoms with E-state index in [4.69, 9.17) is 14.7 Å². The molecule has 3 aromatic carbocycles. The molecule has 0 amide bonds. The van der Waals surface area contributed by atoms with Gasteiger partial charge in [0, 0.05) is 12.0 Å². The lowest BCUT2D eigenvalue weighted by Crippen LogP contribution is -2.14. The summed E-state index contributed by atoms with van der Waals surface area (Å²) < 4.78 is 26.4. The lowest BCUT2D eigenvalue weighted by Gasteiger charge is -2.25. The zero-order valence-electron chi connectivity index (χ0n) is 23.3. The summed E-state index contributed by atoms with van der Waals surface area (Å²) in [6.45, 7) is 6.86. The molecule has 0 radical (unpaired) electrons. The molecule has 39 heavy (non-hydrogen) atoms. The second kappa shape index (κ2) is 13.8. The highest BCUT2D eigenvalue weighted by molar-refractivity contribution is 5.70. The van der Waals surface area contributed by atoms with E-state index in [1.807, 2.05) is 42.5 Å². The predicted octanol–water partition coefficient (Wildman–Crippen LogP) is 8.31. The van der Waals surface area contributed by atoms with Crippen LogP contribution in [0.3, 0.4) is 0 Å². The third-order valence-corrected chi connectivity index (χ3v) is 7.26. The van der Waals surface area contributed by atoms with Crippen molar-refractivity contribution in [1.82, 2.24) is 0 Å². The summed E-state index contributed by atoms with van der Waals surface area (Å²) in [4.78, 5) is 11.4. The molecule has 0 saturated heterocycles. The third kappa shape index (κ3) is 8.58. The van der Waals surface area contributed by atoms with Gasteiger partial charge in [0.25, 0.3) is 0 Å². The van der Waals surface area contributed by atoms with E-state index in [1.165, 1.54) is 6.07 Å². The number of rotatable bonds is 14. The number of hydrogen-bond donors (Lipinski definition) is 1. The highest BCUT2D eigenvalue weighted by atomic mass is 19.1. The van der Waals surface area contributed by atoms with Gasteiger partial charge in [-0.15, -0.1) is 0 Å². The molecule has 3 rings (SSSR count). The Morgan fingerprint density at radius 3 is 2.54 bits per heavy atom. The van der Waals surface area contributed by atoms with Crippen LogP contribution in [0, 0.1) is 22.6 Å². The fourth-order valence-corrected chi connectivity index (χ4v) is 4.68. The van der Waals surface area contributed by atoms with E-state index in [0.717, 1.165) is 35.1 Å². The molecule has 0 aliphatic carbocycles. The van der Waals surface area contributed by atoms with E-state index in [9.17, 15) is 14.3 Å². The molecule has 1 unspecified atom stereocenters. The zero-order valence-corrected chi connectivity index (χ0v) is 23.3. The van der Waals surface area contributed by atoms with Gasteiger partial charge in [-0.3, -0.25) is 4.79 Å². The maximum Gasteiger partial charge on any atom is 0.303 e. The molecule has 0 saturated carbocycles. The fraction of sp³-hybridized carbons (Fsp3) is 0.394. The van der Waals surface area contributed by atoms with Crippen molar-refractivity contribution in [3.05, 3.63) is 83.2 Å². The van der Waals surface area contributed by atoms with Crippen molar-refractivity contribution >= 4 is 5.97 Å². The average Bonchev–Trinajstić information content (AvgIpc) is 2.92. The number of nitriles is 1. The molecule has 0 spiro atoms. The molecule has 206 valence electrons. The Morgan fingerprint density at radius 2 is 1.85 bits per heavy atom.